The Hall–Kier alpha value is -1.59. The molecule has 3 N–H and O–H groups in total. The molecule has 0 spiro atoms. The van der Waals surface area contributed by atoms with Crippen molar-refractivity contribution in [2.75, 3.05) is 33.3 Å². The van der Waals surface area contributed by atoms with Crippen LogP contribution in [0.4, 0.5) is 0 Å². The standard InChI is InChI=1S/C18H29N3O2/c1-23-17-6-4-16(5-7-17)14-21-11-8-15(9-12-21)13-20-18(22)3-2-10-19/h4-7,15H,2-3,8-14,19H2,1H3,(H,20,22). The Kier molecular flexibility index (Phi) is 7.36. The first-order valence-electron chi connectivity index (χ1n) is 8.53. The highest BCUT2D eigenvalue weighted by Gasteiger charge is 2.19. The first-order chi connectivity index (χ1) is 11.2. The van der Waals surface area contributed by atoms with Crippen molar-refractivity contribution in [1.29, 1.82) is 0 Å². The maximum Gasteiger partial charge on any atom is 0.220 e. The van der Waals surface area contributed by atoms with Gasteiger partial charge in [-0.3, -0.25) is 9.69 Å². The first kappa shape index (κ1) is 17.8. The van der Waals surface area contributed by atoms with Gasteiger partial charge in [0.05, 0.1) is 7.11 Å². The lowest BCUT2D eigenvalue weighted by molar-refractivity contribution is -0.121. The molecule has 1 aliphatic rings. The molecule has 0 atom stereocenters. The minimum Gasteiger partial charge on any atom is -0.497 e. The normalized spacial score (nSPS) is 16.3. The van der Waals surface area contributed by atoms with Crippen molar-refractivity contribution in [3.8, 4) is 5.75 Å². The summed E-state index contributed by atoms with van der Waals surface area (Å²) in [5, 5.41) is 3.04. The van der Waals surface area contributed by atoms with Crippen molar-refractivity contribution < 1.29 is 9.53 Å². The van der Waals surface area contributed by atoms with Crippen molar-refractivity contribution in [2.45, 2.75) is 32.2 Å². The number of likely N-dealkylation sites (tertiary alicyclic amines) is 1. The summed E-state index contributed by atoms with van der Waals surface area (Å²) in [6.45, 7) is 4.56. The summed E-state index contributed by atoms with van der Waals surface area (Å²) in [6.07, 6.45) is 3.61. The molecule has 23 heavy (non-hydrogen) atoms. The number of ether oxygens (including phenoxy) is 1. The maximum atomic E-state index is 11.6. The number of carbonyl (C=O) groups excluding carboxylic acids is 1. The fourth-order valence-electron chi connectivity index (χ4n) is 2.95. The van der Waals surface area contributed by atoms with E-state index in [9.17, 15) is 4.79 Å². The first-order valence-corrected chi connectivity index (χ1v) is 8.53. The molecule has 0 aromatic heterocycles. The highest BCUT2D eigenvalue weighted by atomic mass is 16.5. The van der Waals surface area contributed by atoms with Crippen LogP contribution < -0.4 is 15.8 Å². The molecule has 128 valence electrons. The average molecular weight is 319 g/mol. The Balaban J connectivity index is 1.66. The molecule has 1 fully saturated rings. The highest BCUT2D eigenvalue weighted by Crippen LogP contribution is 2.19. The number of rotatable bonds is 8. The molecule has 0 unspecified atom stereocenters. The summed E-state index contributed by atoms with van der Waals surface area (Å²) in [5.41, 5.74) is 6.74. The van der Waals surface area contributed by atoms with Crippen molar-refractivity contribution in [1.82, 2.24) is 10.2 Å². The lowest BCUT2D eigenvalue weighted by atomic mass is 9.96. The third-order valence-electron chi connectivity index (χ3n) is 4.47. The quantitative estimate of drug-likeness (QED) is 0.766. The van der Waals surface area contributed by atoms with Crippen LogP contribution in [0.5, 0.6) is 5.75 Å². The number of nitrogens with two attached hydrogens (primary N) is 1. The number of methoxy groups -OCH3 is 1. The van der Waals surface area contributed by atoms with Crippen LogP contribution in [0.1, 0.15) is 31.2 Å². The molecule has 1 saturated heterocycles. The Bertz CT molecular complexity index is 468. The molecule has 2 rings (SSSR count). The van der Waals surface area contributed by atoms with Crippen molar-refractivity contribution in [3.05, 3.63) is 29.8 Å². The summed E-state index contributed by atoms with van der Waals surface area (Å²) in [7, 11) is 1.69. The van der Waals surface area contributed by atoms with E-state index in [4.69, 9.17) is 10.5 Å². The lowest BCUT2D eigenvalue weighted by Crippen LogP contribution is -2.38. The SMILES string of the molecule is COc1ccc(CN2CCC(CNC(=O)CCCN)CC2)cc1. The maximum absolute atomic E-state index is 11.6. The predicted molar refractivity (Wildman–Crippen MR) is 92.3 cm³/mol. The van der Waals surface area contributed by atoms with Crippen LogP contribution in [0.15, 0.2) is 24.3 Å². The van der Waals surface area contributed by atoms with Gasteiger partial charge in [0.25, 0.3) is 0 Å². The molecule has 1 heterocycles. The minimum absolute atomic E-state index is 0.135. The summed E-state index contributed by atoms with van der Waals surface area (Å²) in [6, 6.07) is 8.28. The Morgan fingerprint density at radius 2 is 2.00 bits per heavy atom. The number of carbonyl (C=O) groups is 1. The number of amides is 1. The molecule has 5 heteroatoms. The number of benzene rings is 1. The van der Waals surface area contributed by atoms with Gasteiger partial charge >= 0.3 is 0 Å². The smallest absolute Gasteiger partial charge is 0.220 e. The number of hydrogen-bond donors (Lipinski definition) is 2. The molecular formula is C18H29N3O2. The third kappa shape index (κ3) is 6.20. The van der Waals surface area contributed by atoms with Gasteiger partial charge in [-0.2, -0.15) is 0 Å². The zero-order valence-electron chi connectivity index (χ0n) is 14.1. The Labute approximate surface area is 139 Å². The predicted octanol–water partition coefficient (Wildman–Crippen LogP) is 1.76. The van der Waals surface area contributed by atoms with E-state index in [0.717, 1.165) is 51.2 Å². The van der Waals surface area contributed by atoms with Gasteiger partial charge in [-0.05, 0) is 62.5 Å². The van der Waals surface area contributed by atoms with Crippen LogP contribution in [-0.4, -0.2) is 44.1 Å². The van der Waals surface area contributed by atoms with Crippen LogP contribution >= 0.6 is 0 Å². The number of hydrogen-bond acceptors (Lipinski definition) is 4. The molecule has 1 amide bonds. The van der Waals surface area contributed by atoms with Crippen LogP contribution in [0, 0.1) is 5.92 Å². The van der Waals surface area contributed by atoms with Gasteiger partial charge in [0.15, 0.2) is 0 Å². The highest BCUT2D eigenvalue weighted by molar-refractivity contribution is 5.75. The third-order valence-corrected chi connectivity index (χ3v) is 4.47. The van der Waals surface area contributed by atoms with Gasteiger partial charge in [-0.1, -0.05) is 12.1 Å². The van der Waals surface area contributed by atoms with Crippen LogP contribution in [0.3, 0.4) is 0 Å². The van der Waals surface area contributed by atoms with E-state index in [2.05, 4.69) is 22.3 Å². The summed E-state index contributed by atoms with van der Waals surface area (Å²) >= 11 is 0. The molecule has 1 aromatic rings. The van der Waals surface area contributed by atoms with Crippen LogP contribution in [-0.2, 0) is 11.3 Å². The van der Waals surface area contributed by atoms with E-state index in [1.165, 1.54) is 5.56 Å². The lowest BCUT2D eigenvalue weighted by Gasteiger charge is -2.32. The molecule has 1 aromatic carbocycles. The van der Waals surface area contributed by atoms with Crippen LogP contribution in [0.25, 0.3) is 0 Å². The van der Waals surface area contributed by atoms with E-state index in [0.29, 0.717) is 18.9 Å². The number of piperidine rings is 1. The Morgan fingerprint density at radius 3 is 2.61 bits per heavy atom. The molecular weight excluding hydrogens is 290 g/mol. The average Bonchev–Trinajstić information content (AvgIpc) is 2.60. The summed E-state index contributed by atoms with van der Waals surface area (Å²) in [4.78, 5) is 14.1. The zero-order valence-corrected chi connectivity index (χ0v) is 14.1. The van der Waals surface area contributed by atoms with Crippen molar-refractivity contribution in [2.24, 2.45) is 11.7 Å². The van der Waals surface area contributed by atoms with Gasteiger partial charge in [0, 0.05) is 19.5 Å². The van der Waals surface area contributed by atoms with Gasteiger partial charge < -0.3 is 15.8 Å². The molecule has 1 aliphatic heterocycles. The second-order valence-electron chi connectivity index (χ2n) is 6.26. The van der Waals surface area contributed by atoms with E-state index >= 15 is 0 Å². The van der Waals surface area contributed by atoms with Gasteiger partial charge in [0.1, 0.15) is 5.75 Å². The molecule has 5 nitrogen and oxygen atoms in total. The summed E-state index contributed by atoms with van der Waals surface area (Å²) < 4.78 is 5.19. The van der Waals surface area contributed by atoms with E-state index < -0.39 is 0 Å². The number of nitrogens with zero attached hydrogens (tertiary/aromatic N) is 1. The fraction of sp³-hybridized carbons (Fsp3) is 0.611. The van der Waals surface area contributed by atoms with Gasteiger partial charge in [0.2, 0.25) is 5.91 Å². The molecule has 0 aliphatic carbocycles. The zero-order chi connectivity index (χ0) is 16.5. The number of nitrogens with one attached hydrogen (secondary N) is 1. The second-order valence-corrected chi connectivity index (χ2v) is 6.26. The molecule has 0 radical (unpaired) electrons. The molecule has 0 bridgehead atoms. The van der Waals surface area contributed by atoms with E-state index in [1.54, 1.807) is 7.11 Å². The molecule has 0 saturated carbocycles. The topological polar surface area (TPSA) is 67.6 Å². The largest absolute Gasteiger partial charge is 0.497 e. The second kappa shape index (κ2) is 9.53. The minimum atomic E-state index is 0.135. The van der Waals surface area contributed by atoms with Crippen molar-refractivity contribution >= 4 is 5.91 Å². The monoisotopic (exact) mass is 319 g/mol. The van der Waals surface area contributed by atoms with Gasteiger partial charge in [-0.15, -0.1) is 0 Å². The Morgan fingerprint density at radius 1 is 1.30 bits per heavy atom. The van der Waals surface area contributed by atoms with E-state index in [-0.39, 0.29) is 5.91 Å². The van der Waals surface area contributed by atoms with Crippen LogP contribution in [0.2, 0.25) is 0 Å². The summed E-state index contributed by atoms with van der Waals surface area (Å²) in [5.74, 6) is 1.64. The van der Waals surface area contributed by atoms with E-state index in [1.807, 2.05) is 12.1 Å². The van der Waals surface area contributed by atoms with Gasteiger partial charge in [-0.25, -0.2) is 0 Å². The van der Waals surface area contributed by atoms with Crippen molar-refractivity contribution in [3.63, 3.8) is 0 Å². The fourth-order valence-corrected chi connectivity index (χ4v) is 2.95.